The molecule has 9 nitrogen and oxygen atoms in total. The minimum absolute atomic E-state index is 0.0535. The van der Waals surface area contributed by atoms with Crippen LogP contribution in [0.15, 0.2) is 30.6 Å². The van der Waals surface area contributed by atoms with Gasteiger partial charge in [-0.05, 0) is 19.0 Å². The summed E-state index contributed by atoms with van der Waals surface area (Å²) < 4.78 is 40.0. The van der Waals surface area contributed by atoms with E-state index in [1.165, 1.54) is 18.5 Å². The van der Waals surface area contributed by atoms with Crippen molar-refractivity contribution in [3.05, 3.63) is 47.8 Å². The molecule has 4 rings (SSSR count). The molecule has 3 N–H and O–H groups in total. The van der Waals surface area contributed by atoms with Crippen molar-refractivity contribution in [3.8, 4) is 17.6 Å². The number of hydrogen-bond acceptors (Lipinski definition) is 6. The number of aromatic amines is 1. The van der Waals surface area contributed by atoms with Crippen molar-refractivity contribution in [2.45, 2.75) is 6.42 Å². The maximum atomic E-state index is 14.6. The van der Waals surface area contributed by atoms with Gasteiger partial charge in [-0.3, -0.25) is 4.90 Å². The first-order valence-corrected chi connectivity index (χ1v) is 10.4. The molecule has 0 radical (unpaired) electrons. The number of pyridine rings is 1. The van der Waals surface area contributed by atoms with Gasteiger partial charge in [0, 0.05) is 49.8 Å². The van der Waals surface area contributed by atoms with Crippen LogP contribution in [0.5, 0.6) is 11.5 Å². The summed E-state index contributed by atoms with van der Waals surface area (Å²) in [5.41, 5.74) is 0.535. The maximum Gasteiger partial charge on any atom is 0.319 e. The van der Waals surface area contributed by atoms with Crippen molar-refractivity contribution in [3.63, 3.8) is 0 Å². The van der Waals surface area contributed by atoms with Gasteiger partial charge >= 0.3 is 6.03 Å². The Bertz CT molecular complexity index is 1160. The lowest BCUT2D eigenvalue weighted by Gasteiger charge is -2.26. The number of carbonyl (C=O) groups is 1. The SMILES string of the molecule is N#Cc1c[nH]c2nccc(Oc3c(F)cc(NC(=O)NCCCN4CCOCC4)cc3F)c12. The Morgan fingerprint density at radius 2 is 2.06 bits per heavy atom. The van der Waals surface area contributed by atoms with Crippen molar-refractivity contribution < 1.29 is 23.0 Å². The van der Waals surface area contributed by atoms with E-state index in [2.05, 4.69) is 25.5 Å². The number of benzene rings is 1. The van der Waals surface area contributed by atoms with Gasteiger partial charge < -0.3 is 25.1 Å². The average molecular weight is 456 g/mol. The number of aromatic nitrogens is 2. The molecule has 1 fully saturated rings. The van der Waals surface area contributed by atoms with Gasteiger partial charge in [-0.15, -0.1) is 0 Å². The van der Waals surface area contributed by atoms with E-state index < -0.39 is 23.4 Å². The van der Waals surface area contributed by atoms with Gasteiger partial charge in [-0.25, -0.2) is 18.6 Å². The van der Waals surface area contributed by atoms with Crippen molar-refractivity contribution >= 4 is 22.8 Å². The minimum atomic E-state index is -1.00. The van der Waals surface area contributed by atoms with Gasteiger partial charge in [-0.2, -0.15) is 5.26 Å². The normalized spacial score (nSPS) is 14.1. The number of nitriles is 1. The summed E-state index contributed by atoms with van der Waals surface area (Å²) in [5, 5.41) is 14.6. The average Bonchev–Trinajstić information content (AvgIpc) is 3.24. The lowest BCUT2D eigenvalue weighted by molar-refractivity contribution is 0.0375. The zero-order chi connectivity index (χ0) is 23.2. The molecule has 1 aliphatic rings. The van der Waals surface area contributed by atoms with Crippen LogP contribution >= 0.6 is 0 Å². The highest BCUT2D eigenvalue weighted by Crippen LogP contribution is 2.34. The van der Waals surface area contributed by atoms with E-state index in [0.717, 1.165) is 38.2 Å². The van der Waals surface area contributed by atoms with Crippen LogP contribution in [0.3, 0.4) is 0 Å². The lowest BCUT2D eigenvalue weighted by atomic mass is 10.2. The van der Waals surface area contributed by atoms with E-state index in [9.17, 15) is 18.8 Å². The Morgan fingerprint density at radius 1 is 1.30 bits per heavy atom. The van der Waals surface area contributed by atoms with Crippen molar-refractivity contribution in [2.75, 3.05) is 44.7 Å². The fourth-order valence-corrected chi connectivity index (χ4v) is 3.54. The summed E-state index contributed by atoms with van der Waals surface area (Å²) in [5.74, 6) is -2.58. The number of H-pyrrole nitrogens is 1. The maximum absolute atomic E-state index is 14.6. The third kappa shape index (κ3) is 5.36. The number of carbonyl (C=O) groups excluding carboxylic acids is 1. The number of hydrogen-bond donors (Lipinski definition) is 3. The molecule has 0 aliphatic carbocycles. The molecule has 11 heteroatoms. The smallest absolute Gasteiger partial charge is 0.319 e. The van der Waals surface area contributed by atoms with Crippen LogP contribution in [0.4, 0.5) is 19.3 Å². The summed E-state index contributed by atoms with van der Waals surface area (Å²) in [6.07, 6.45) is 3.57. The fraction of sp³-hybridized carbons (Fsp3) is 0.318. The van der Waals surface area contributed by atoms with Crippen LogP contribution in [-0.4, -0.2) is 60.3 Å². The number of amides is 2. The van der Waals surface area contributed by atoms with Crippen molar-refractivity contribution in [2.24, 2.45) is 0 Å². The van der Waals surface area contributed by atoms with E-state index in [-0.39, 0.29) is 17.0 Å². The van der Waals surface area contributed by atoms with E-state index >= 15 is 0 Å². The van der Waals surface area contributed by atoms with E-state index in [4.69, 9.17) is 9.47 Å². The second-order valence-corrected chi connectivity index (χ2v) is 7.41. The predicted octanol–water partition coefficient (Wildman–Crippen LogP) is 3.35. The summed E-state index contributed by atoms with van der Waals surface area (Å²) in [6.45, 7) is 4.41. The number of urea groups is 1. The molecule has 0 saturated carbocycles. The number of morpholine rings is 1. The van der Waals surface area contributed by atoms with Gasteiger partial charge in [0.15, 0.2) is 17.4 Å². The molecular formula is C22H22F2N6O3. The van der Waals surface area contributed by atoms with Crippen LogP contribution in [0.1, 0.15) is 12.0 Å². The number of nitrogens with one attached hydrogen (secondary N) is 3. The highest BCUT2D eigenvalue weighted by atomic mass is 19.1. The Balaban J connectivity index is 1.37. The molecule has 1 aliphatic heterocycles. The molecule has 1 saturated heterocycles. The number of rotatable bonds is 7. The summed E-state index contributed by atoms with van der Waals surface area (Å²) in [4.78, 5) is 21.2. The van der Waals surface area contributed by atoms with Gasteiger partial charge in [-0.1, -0.05) is 0 Å². The van der Waals surface area contributed by atoms with E-state index in [1.54, 1.807) is 0 Å². The fourth-order valence-electron chi connectivity index (χ4n) is 3.54. The first kappa shape index (κ1) is 22.4. The quantitative estimate of drug-likeness (QED) is 0.470. The molecule has 0 spiro atoms. The second-order valence-electron chi connectivity index (χ2n) is 7.41. The highest BCUT2D eigenvalue weighted by molar-refractivity contribution is 5.90. The Hall–Kier alpha value is -3.75. The molecule has 0 atom stereocenters. The number of nitrogens with zero attached hydrogens (tertiary/aromatic N) is 3. The first-order valence-electron chi connectivity index (χ1n) is 10.4. The topological polar surface area (TPSA) is 115 Å². The predicted molar refractivity (Wildman–Crippen MR) is 116 cm³/mol. The standard InChI is InChI=1S/C22H22F2N6O3/c23-16-10-15(29-22(31)27-3-1-5-30-6-8-32-9-7-30)11-17(24)20(16)33-18-2-4-26-21-19(18)14(12-25)13-28-21/h2,4,10-11,13H,1,3,5-9H2,(H,26,28)(H2,27,29,31). The minimum Gasteiger partial charge on any atom is -0.450 e. The zero-order valence-electron chi connectivity index (χ0n) is 17.7. The molecule has 172 valence electrons. The van der Waals surface area contributed by atoms with E-state index in [1.807, 2.05) is 6.07 Å². The molecular weight excluding hydrogens is 434 g/mol. The molecule has 33 heavy (non-hydrogen) atoms. The monoisotopic (exact) mass is 456 g/mol. The lowest BCUT2D eigenvalue weighted by Crippen LogP contribution is -2.38. The van der Waals surface area contributed by atoms with Crippen LogP contribution in [0.2, 0.25) is 0 Å². The third-order valence-corrected chi connectivity index (χ3v) is 5.16. The second kappa shape index (κ2) is 10.2. The summed E-state index contributed by atoms with van der Waals surface area (Å²) >= 11 is 0. The highest BCUT2D eigenvalue weighted by Gasteiger charge is 2.18. The molecule has 2 amide bonds. The third-order valence-electron chi connectivity index (χ3n) is 5.16. The molecule has 3 aromatic rings. The Morgan fingerprint density at radius 3 is 2.79 bits per heavy atom. The number of halogens is 2. The molecule has 0 unspecified atom stereocenters. The van der Waals surface area contributed by atoms with Crippen LogP contribution < -0.4 is 15.4 Å². The van der Waals surface area contributed by atoms with E-state index in [0.29, 0.717) is 30.8 Å². The zero-order valence-corrected chi connectivity index (χ0v) is 17.7. The first-order chi connectivity index (χ1) is 16.0. The number of fused-ring (bicyclic) bond motifs is 1. The Kier molecular flexibility index (Phi) is 6.97. The largest absolute Gasteiger partial charge is 0.450 e. The van der Waals surface area contributed by atoms with Gasteiger partial charge in [0.2, 0.25) is 0 Å². The van der Waals surface area contributed by atoms with Crippen LogP contribution in [-0.2, 0) is 4.74 Å². The van der Waals surface area contributed by atoms with Gasteiger partial charge in [0.1, 0.15) is 17.5 Å². The number of anilines is 1. The molecule has 2 aromatic heterocycles. The molecule has 1 aromatic carbocycles. The van der Waals surface area contributed by atoms with Crippen LogP contribution in [0.25, 0.3) is 11.0 Å². The summed E-state index contributed by atoms with van der Waals surface area (Å²) in [6, 6.07) is 4.75. The molecule has 0 bridgehead atoms. The van der Waals surface area contributed by atoms with Gasteiger partial charge in [0.05, 0.1) is 24.2 Å². The Labute approximate surface area is 188 Å². The summed E-state index contributed by atoms with van der Waals surface area (Å²) in [7, 11) is 0. The van der Waals surface area contributed by atoms with Crippen molar-refractivity contribution in [1.29, 1.82) is 5.26 Å². The van der Waals surface area contributed by atoms with Gasteiger partial charge in [0.25, 0.3) is 0 Å². The molecule has 3 heterocycles. The number of ether oxygens (including phenoxy) is 2. The van der Waals surface area contributed by atoms with Crippen molar-refractivity contribution in [1.82, 2.24) is 20.2 Å². The van der Waals surface area contributed by atoms with Crippen LogP contribution in [0, 0.1) is 23.0 Å².